The lowest BCUT2D eigenvalue weighted by Crippen LogP contribution is -2.39. The molecule has 1 aromatic rings. The van der Waals surface area contributed by atoms with Crippen LogP contribution in [0.15, 0.2) is 30.3 Å². The van der Waals surface area contributed by atoms with E-state index in [1.54, 1.807) is 4.90 Å². The van der Waals surface area contributed by atoms with Crippen LogP contribution in [0.3, 0.4) is 0 Å². The Morgan fingerprint density at radius 1 is 1.33 bits per heavy atom. The van der Waals surface area contributed by atoms with E-state index in [-0.39, 0.29) is 17.9 Å². The van der Waals surface area contributed by atoms with Crippen molar-refractivity contribution in [2.24, 2.45) is 11.8 Å². The molecule has 21 heavy (non-hydrogen) atoms. The van der Waals surface area contributed by atoms with Crippen molar-refractivity contribution in [3.8, 4) is 0 Å². The second-order valence-electron chi connectivity index (χ2n) is 6.01. The summed E-state index contributed by atoms with van der Waals surface area (Å²) in [6.45, 7) is 6.64. The van der Waals surface area contributed by atoms with E-state index in [1.165, 1.54) is 0 Å². The van der Waals surface area contributed by atoms with Crippen LogP contribution in [0.5, 0.6) is 0 Å². The Morgan fingerprint density at radius 2 is 2.00 bits per heavy atom. The highest BCUT2D eigenvalue weighted by Crippen LogP contribution is 2.31. The van der Waals surface area contributed by atoms with Gasteiger partial charge in [0.15, 0.2) is 12.5 Å². The fourth-order valence-electron chi connectivity index (χ4n) is 2.50. The highest BCUT2D eigenvalue weighted by atomic mass is 16.5. The van der Waals surface area contributed by atoms with Crippen LogP contribution in [0.1, 0.15) is 38.8 Å². The third-order valence-corrected chi connectivity index (χ3v) is 4.26. The van der Waals surface area contributed by atoms with Gasteiger partial charge in [0.05, 0.1) is 12.6 Å². The molecule has 0 aromatic heterocycles. The van der Waals surface area contributed by atoms with Crippen molar-refractivity contribution >= 4 is 12.2 Å². The fourth-order valence-corrected chi connectivity index (χ4v) is 2.50. The molecule has 1 aliphatic rings. The van der Waals surface area contributed by atoms with E-state index in [0.29, 0.717) is 25.2 Å². The van der Waals surface area contributed by atoms with Gasteiger partial charge in [0.1, 0.15) is 0 Å². The highest BCUT2D eigenvalue weighted by molar-refractivity contribution is 5.80. The lowest BCUT2D eigenvalue weighted by Gasteiger charge is -2.28. The SMILES string of the molecule is CC(C)C(C)CC(=O)N1C(C=O)OCC1c1ccccc1. The van der Waals surface area contributed by atoms with Crippen molar-refractivity contribution < 1.29 is 14.3 Å². The number of aldehydes is 1. The van der Waals surface area contributed by atoms with Gasteiger partial charge >= 0.3 is 0 Å². The van der Waals surface area contributed by atoms with Crippen molar-refractivity contribution in [1.29, 1.82) is 0 Å². The Morgan fingerprint density at radius 3 is 2.57 bits per heavy atom. The van der Waals surface area contributed by atoms with Crippen LogP contribution in [-0.2, 0) is 14.3 Å². The summed E-state index contributed by atoms with van der Waals surface area (Å²) in [5.74, 6) is 0.698. The highest BCUT2D eigenvalue weighted by Gasteiger charge is 2.38. The zero-order valence-corrected chi connectivity index (χ0v) is 12.9. The van der Waals surface area contributed by atoms with Gasteiger partial charge in [-0.15, -0.1) is 0 Å². The molecule has 4 heteroatoms. The summed E-state index contributed by atoms with van der Waals surface area (Å²) >= 11 is 0. The maximum Gasteiger partial charge on any atom is 0.225 e. The summed E-state index contributed by atoms with van der Waals surface area (Å²) in [6.07, 6.45) is 0.386. The molecule has 3 atom stereocenters. The Kier molecular flexibility index (Phi) is 5.12. The van der Waals surface area contributed by atoms with Crippen molar-refractivity contribution in [2.75, 3.05) is 6.61 Å². The molecule has 1 saturated heterocycles. The van der Waals surface area contributed by atoms with Gasteiger partial charge < -0.3 is 9.64 Å². The number of rotatable bonds is 5. The molecule has 0 radical (unpaired) electrons. The molecule has 0 bridgehead atoms. The van der Waals surface area contributed by atoms with Crippen LogP contribution in [0.4, 0.5) is 0 Å². The number of hydrogen-bond donors (Lipinski definition) is 0. The average molecular weight is 289 g/mol. The Balaban J connectivity index is 2.19. The van der Waals surface area contributed by atoms with Crippen LogP contribution >= 0.6 is 0 Å². The third-order valence-electron chi connectivity index (χ3n) is 4.26. The Hall–Kier alpha value is -1.68. The topological polar surface area (TPSA) is 46.6 Å². The number of carbonyl (C=O) groups is 2. The molecule has 0 spiro atoms. The molecule has 1 amide bonds. The first-order valence-corrected chi connectivity index (χ1v) is 7.47. The molecular weight excluding hydrogens is 266 g/mol. The minimum atomic E-state index is -0.762. The molecule has 0 aliphatic carbocycles. The van der Waals surface area contributed by atoms with Gasteiger partial charge in [0.25, 0.3) is 0 Å². The van der Waals surface area contributed by atoms with E-state index in [2.05, 4.69) is 20.8 Å². The maximum absolute atomic E-state index is 12.6. The Bertz CT molecular complexity index is 486. The van der Waals surface area contributed by atoms with E-state index >= 15 is 0 Å². The largest absolute Gasteiger partial charge is 0.349 e. The van der Waals surface area contributed by atoms with Gasteiger partial charge in [-0.1, -0.05) is 51.1 Å². The fraction of sp³-hybridized carbons (Fsp3) is 0.529. The lowest BCUT2D eigenvalue weighted by molar-refractivity contribution is -0.143. The summed E-state index contributed by atoms with van der Waals surface area (Å²) in [4.78, 5) is 25.4. The molecule has 1 aromatic carbocycles. The second kappa shape index (κ2) is 6.85. The van der Waals surface area contributed by atoms with Crippen LogP contribution in [0.25, 0.3) is 0 Å². The predicted molar refractivity (Wildman–Crippen MR) is 80.5 cm³/mol. The van der Waals surface area contributed by atoms with Gasteiger partial charge in [0.2, 0.25) is 5.91 Å². The summed E-state index contributed by atoms with van der Waals surface area (Å²) in [5.41, 5.74) is 1.01. The first kappa shape index (κ1) is 15.7. The first-order valence-electron chi connectivity index (χ1n) is 7.47. The minimum absolute atomic E-state index is 0.0142. The van der Waals surface area contributed by atoms with Gasteiger partial charge in [-0.3, -0.25) is 9.59 Å². The van der Waals surface area contributed by atoms with Gasteiger partial charge in [-0.25, -0.2) is 0 Å². The van der Waals surface area contributed by atoms with Crippen LogP contribution in [-0.4, -0.2) is 29.9 Å². The van der Waals surface area contributed by atoms with E-state index in [9.17, 15) is 9.59 Å². The molecule has 0 N–H and O–H groups in total. The van der Waals surface area contributed by atoms with Crippen molar-refractivity contribution in [3.63, 3.8) is 0 Å². The maximum atomic E-state index is 12.6. The number of amides is 1. The van der Waals surface area contributed by atoms with Crippen LogP contribution in [0.2, 0.25) is 0 Å². The molecule has 1 heterocycles. The van der Waals surface area contributed by atoms with Crippen molar-refractivity contribution in [3.05, 3.63) is 35.9 Å². The first-order chi connectivity index (χ1) is 10.0. The zero-order valence-electron chi connectivity index (χ0n) is 12.9. The molecule has 0 saturated carbocycles. The van der Waals surface area contributed by atoms with Crippen LogP contribution < -0.4 is 0 Å². The van der Waals surface area contributed by atoms with Crippen LogP contribution in [0, 0.1) is 11.8 Å². The number of nitrogens with zero attached hydrogens (tertiary/aromatic N) is 1. The molecule has 1 aliphatic heterocycles. The molecule has 3 unspecified atom stereocenters. The molecule has 114 valence electrons. The number of carbonyl (C=O) groups excluding carboxylic acids is 2. The third kappa shape index (κ3) is 3.50. The molecule has 1 fully saturated rings. The average Bonchev–Trinajstić information content (AvgIpc) is 2.91. The number of ether oxygens (including phenoxy) is 1. The van der Waals surface area contributed by atoms with Gasteiger partial charge in [0, 0.05) is 6.42 Å². The summed E-state index contributed by atoms with van der Waals surface area (Å²) in [6, 6.07) is 9.56. The molecular formula is C17H23NO3. The quantitative estimate of drug-likeness (QED) is 0.783. The van der Waals surface area contributed by atoms with E-state index in [4.69, 9.17) is 4.74 Å². The molecule has 4 nitrogen and oxygen atoms in total. The summed E-state index contributed by atoms with van der Waals surface area (Å²) in [5, 5.41) is 0. The van der Waals surface area contributed by atoms with Gasteiger partial charge in [-0.05, 0) is 17.4 Å². The summed E-state index contributed by atoms with van der Waals surface area (Å²) in [7, 11) is 0. The van der Waals surface area contributed by atoms with E-state index < -0.39 is 6.23 Å². The van der Waals surface area contributed by atoms with Crippen molar-refractivity contribution in [2.45, 2.75) is 39.5 Å². The Labute approximate surface area is 126 Å². The smallest absolute Gasteiger partial charge is 0.225 e. The van der Waals surface area contributed by atoms with E-state index in [0.717, 1.165) is 5.56 Å². The normalized spacial score (nSPS) is 23.3. The monoisotopic (exact) mass is 289 g/mol. The summed E-state index contributed by atoms with van der Waals surface area (Å²) < 4.78 is 5.48. The molecule has 2 rings (SSSR count). The van der Waals surface area contributed by atoms with Gasteiger partial charge in [-0.2, -0.15) is 0 Å². The number of benzene rings is 1. The zero-order chi connectivity index (χ0) is 15.4. The number of hydrogen-bond acceptors (Lipinski definition) is 3. The lowest BCUT2D eigenvalue weighted by atomic mass is 9.93. The second-order valence-corrected chi connectivity index (χ2v) is 6.01. The predicted octanol–water partition coefficient (Wildman–Crippen LogP) is 2.79. The standard InChI is InChI=1S/C17H23NO3/c1-12(2)13(3)9-16(20)18-15(11-21-17(18)10-19)14-7-5-4-6-8-14/h4-8,10,12-13,15,17H,9,11H2,1-3H3. The van der Waals surface area contributed by atoms with E-state index in [1.807, 2.05) is 30.3 Å². The minimum Gasteiger partial charge on any atom is -0.349 e. The van der Waals surface area contributed by atoms with Crippen molar-refractivity contribution in [1.82, 2.24) is 4.90 Å².